The third kappa shape index (κ3) is 3.13. The first-order chi connectivity index (χ1) is 8.65. The highest BCUT2D eigenvalue weighted by atomic mass is 19.1. The van der Waals surface area contributed by atoms with Crippen LogP contribution in [0.25, 0.3) is 0 Å². The second kappa shape index (κ2) is 5.40. The number of carbonyl (C=O) groups excluding carboxylic acids is 1. The first-order valence-corrected chi connectivity index (χ1v) is 5.63. The molecular weight excluding hydrogens is 231 g/mol. The average molecular weight is 244 g/mol. The Balaban J connectivity index is 1.98. The number of hydrogen-bond acceptors (Lipinski definition) is 3. The van der Waals surface area contributed by atoms with Crippen LogP contribution in [0.2, 0.25) is 0 Å². The maximum Gasteiger partial charge on any atom is 0.164 e. The standard InChI is InChI=1S/C14H13FN2O/c15-12-7-11(8-17-9-12)14(18)6-3-10-1-4-13(16)5-2-10/h1-2,4-5,7-9H,3,6,16H2. The Morgan fingerprint density at radius 1 is 1.22 bits per heavy atom. The fourth-order valence-corrected chi connectivity index (χ4v) is 1.65. The van der Waals surface area contributed by atoms with Crippen LogP contribution in [0.3, 0.4) is 0 Å². The summed E-state index contributed by atoms with van der Waals surface area (Å²) in [6.07, 6.45) is 3.40. The molecule has 1 heterocycles. The third-order valence-corrected chi connectivity index (χ3v) is 2.65. The lowest BCUT2D eigenvalue weighted by molar-refractivity contribution is 0.0982. The molecule has 0 saturated heterocycles. The Morgan fingerprint density at radius 2 is 1.94 bits per heavy atom. The minimum absolute atomic E-state index is 0.112. The number of nitrogens with zero attached hydrogens (tertiary/aromatic N) is 1. The normalized spacial score (nSPS) is 10.3. The number of rotatable bonds is 4. The number of Topliss-reactive ketones (excluding diaryl/α,β-unsaturated/α-hetero) is 1. The molecule has 0 aliphatic rings. The van der Waals surface area contributed by atoms with E-state index in [4.69, 9.17) is 5.73 Å². The first-order valence-electron chi connectivity index (χ1n) is 5.63. The van der Waals surface area contributed by atoms with Crippen molar-refractivity contribution in [1.82, 2.24) is 4.98 Å². The van der Waals surface area contributed by atoms with Crippen molar-refractivity contribution in [2.24, 2.45) is 0 Å². The second-order valence-corrected chi connectivity index (χ2v) is 4.06. The number of aryl methyl sites for hydroxylation is 1. The molecule has 4 heteroatoms. The zero-order valence-electron chi connectivity index (χ0n) is 9.77. The van der Waals surface area contributed by atoms with E-state index in [0.29, 0.717) is 24.1 Å². The third-order valence-electron chi connectivity index (χ3n) is 2.65. The Morgan fingerprint density at radius 3 is 2.61 bits per heavy atom. The molecule has 92 valence electrons. The highest BCUT2D eigenvalue weighted by Crippen LogP contribution is 2.11. The fourth-order valence-electron chi connectivity index (χ4n) is 1.65. The molecule has 0 saturated carbocycles. The lowest BCUT2D eigenvalue weighted by Gasteiger charge is -2.02. The van der Waals surface area contributed by atoms with Gasteiger partial charge < -0.3 is 5.73 Å². The van der Waals surface area contributed by atoms with Crippen molar-refractivity contribution < 1.29 is 9.18 Å². The number of pyridine rings is 1. The van der Waals surface area contributed by atoms with Crippen LogP contribution in [0.1, 0.15) is 22.3 Å². The minimum Gasteiger partial charge on any atom is -0.399 e. The Hall–Kier alpha value is -2.23. The number of halogens is 1. The van der Waals surface area contributed by atoms with Crippen molar-refractivity contribution >= 4 is 11.5 Å². The van der Waals surface area contributed by atoms with Crippen LogP contribution in [-0.4, -0.2) is 10.8 Å². The highest BCUT2D eigenvalue weighted by Gasteiger charge is 2.07. The molecule has 0 amide bonds. The summed E-state index contributed by atoms with van der Waals surface area (Å²) < 4.78 is 12.9. The summed E-state index contributed by atoms with van der Waals surface area (Å²) in [6.45, 7) is 0. The lowest BCUT2D eigenvalue weighted by Crippen LogP contribution is -2.02. The zero-order valence-corrected chi connectivity index (χ0v) is 9.77. The Bertz CT molecular complexity index is 552. The van der Waals surface area contributed by atoms with E-state index in [1.807, 2.05) is 12.1 Å². The number of hydrogen-bond donors (Lipinski definition) is 1. The molecule has 0 aliphatic heterocycles. The van der Waals surface area contributed by atoms with Gasteiger partial charge in [-0.2, -0.15) is 0 Å². The van der Waals surface area contributed by atoms with E-state index in [1.54, 1.807) is 12.1 Å². The predicted molar refractivity (Wildman–Crippen MR) is 67.7 cm³/mol. The molecule has 2 N–H and O–H groups in total. The number of aromatic nitrogens is 1. The lowest BCUT2D eigenvalue weighted by atomic mass is 10.0. The van der Waals surface area contributed by atoms with E-state index in [9.17, 15) is 9.18 Å². The van der Waals surface area contributed by atoms with Gasteiger partial charge in [-0.3, -0.25) is 9.78 Å². The maximum absolute atomic E-state index is 12.9. The number of ketones is 1. The van der Waals surface area contributed by atoms with Gasteiger partial charge in [-0.15, -0.1) is 0 Å². The van der Waals surface area contributed by atoms with Gasteiger partial charge >= 0.3 is 0 Å². The van der Waals surface area contributed by atoms with Gasteiger partial charge in [0.15, 0.2) is 5.78 Å². The van der Waals surface area contributed by atoms with Gasteiger partial charge in [-0.1, -0.05) is 12.1 Å². The highest BCUT2D eigenvalue weighted by molar-refractivity contribution is 5.95. The van der Waals surface area contributed by atoms with Crippen LogP contribution < -0.4 is 5.73 Å². The van der Waals surface area contributed by atoms with Crippen molar-refractivity contribution in [1.29, 1.82) is 0 Å². The van der Waals surface area contributed by atoms with Gasteiger partial charge in [0.05, 0.1) is 6.20 Å². The summed E-state index contributed by atoms with van der Waals surface area (Å²) in [6, 6.07) is 8.56. The molecule has 2 aromatic rings. The number of nitrogen functional groups attached to an aromatic ring is 1. The number of nitrogens with two attached hydrogens (primary N) is 1. The average Bonchev–Trinajstić information content (AvgIpc) is 2.38. The van der Waals surface area contributed by atoms with Crippen molar-refractivity contribution in [3.8, 4) is 0 Å². The van der Waals surface area contributed by atoms with Crippen LogP contribution in [0.4, 0.5) is 10.1 Å². The summed E-state index contributed by atoms with van der Waals surface area (Å²) in [5, 5.41) is 0. The monoisotopic (exact) mass is 244 g/mol. The molecule has 1 aromatic carbocycles. The van der Waals surface area contributed by atoms with Crippen molar-refractivity contribution in [3.63, 3.8) is 0 Å². The quantitative estimate of drug-likeness (QED) is 0.664. The Labute approximate surface area is 104 Å². The topological polar surface area (TPSA) is 56.0 Å². The molecule has 2 rings (SSSR count). The van der Waals surface area contributed by atoms with Gasteiger partial charge in [0.1, 0.15) is 5.82 Å². The smallest absolute Gasteiger partial charge is 0.164 e. The SMILES string of the molecule is Nc1ccc(CCC(=O)c2cncc(F)c2)cc1. The van der Waals surface area contributed by atoms with Crippen molar-refractivity contribution in [2.45, 2.75) is 12.8 Å². The van der Waals surface area contributed by atoms with Gasteiger partial charge in [0.25, 0.3) is 0 Å². The van der Waals surface area contributed by atoms with E-state index < -0.39 is 5.82 Å². The van der Waals surface area contributed by atoms with Crippen LogP contribution in [-0.2, 0) is 6.42 Å². The fraction of sp³-hybridized carbons (Fsp3) is 0.143. The molecule has 0 fully saturated rings. The summed E-state index contributed by atoms with van der Waals surface area (Å²) in [4.78, 5) is 15.5. The van der Waals surface area contributed by atoms with Gasteiger partial charge in [-0.25, -0.2) is 4.39 Å². The van der Waals surface area contributed by atoms with E-state index in [-0.39, 0.29) is 5.78 Å². The number of benzene rings is 1. The van der Waals surface area contributed by atoms with Crippen LogP contribution in [0, 0.1) is 5.82 Å². The largest absolute Gasteiger partial charge is 0.399 e. The van der Waals surface area contributed by atoms with Crippen LogP contribution in [0.5, 0.6) is 0 Å². The molecule has 3 nitrogen and oxygen atoms in total. The summed E-state index contributed by atoms with van der Waals surface area (Å²) in [5.41, 5.74) is 7.61. The van der Waals surface area contributed by atoms with E-state index in [2.05, 4.69) is 4.98 Å². The van der Waals surface area contributed by atoms with E-state index in [1.165, 1.54) is 12.3 Å². The molecule has 0 unspecified atom stereocenters. The van der Waals surface area contributed by atoms with E-state index >= 15 is 0 Å². The predicted octanol–water partition coefficient (Wildman–Crippen LogP) is 2.62. The molecule has 18 heavy (non-hydrogen) atoms. The number of carbonyl (C=O) groups is 1. The Kier molecular flexibility index (Phi) is 3.67. The molecule has 0 bridgehead atoms. The van der Waals surface area contributed by atoms with Crippen molar-refractivity contribution in [2.75, 3.05) is 5.73 Å². The van der Waals surface area contributed by atoms with Gasteiger partial charge in [0.2, 0.25) is 0 Å². The molecule has 0 aliphatic carbocycles. The molecule has 0 radical (unpaired) electrons. The zero-order chi connectivity index (χ0) is 13.0. The molecule has 0 atom stereocenters. The minimum atomic E-state index is -0.492. The summed E-state index contributed by atoms with van der Waals surface area (Å²) >= 11 is 0. The van der Waals surface area contributed by atoms with E-state index in [0.717, 1.165) is 11.8 Å². The maximum atomic E-state index is 12.9. The number of anilines is 1. The van der Waals surface area contributed by atoms with Crippen LogP contribution in [0.15, 0.2) is 42.7 Å². The van der Waals surface area contributed by atoms with Gasteiger partial charge in [-0.05, 0) is 30.2 Å². The van der Waals surface area contributed by atoms with Crippen molar-refractivity contribution in [3.05, 3.63) is 59.7 Å². The molecule has 1 aromatic heterocycles. The summed E-state index contributed by atoms with van der Waals surface area (Å²) in [5.74, 6) is -0.604. The first kappa shape index (κ1) is 12.2. The van der Waals surface area contributed by atoms with Gasteiger partial charge in [0, 0.05) is 23.9 Å². The molecular formula is C14H13FN2O. The summed E-state index contributed by atoms with van der Waals surface area (Å²) in [7, 11) is 0. The molecule has 0 spiro atoms. The van der Waals surface area contributed by atoms with Crippen LogP contribution >= 0.6 is 0 Å². The second-order valence-electron chi connectivity index (χ2n) is 4.06.